The van der Waals surface area contributed by atoms with Crippen LogP contribution >= 0.6 is 0 Å². The lowest BCUT2D eigenvalue weighted by Gasteiger charge is -2.22. The van der Waals surface area contributed by atoms with Gasteiger partial charge in [0.15, 0.2) is 0 Å². The van der Waals surface area contributed by atoms with Gasteiger partial charge in [0.1, 0.15) is 5.76 Å². The molecule has 0 aliphatic carbocycles. The van der Waals surface area contributed by atoms with Crippen LogP contribution in [0.4, 0.5) is 0 Å². The summed E-state index contributed by atoms with van der Waals surface area (Å²) < 4.78 is 7.48. The summed E-state index contributed by atoms with van der Waals surface area (Å²) in [7, 11) is 0. The third-order valence-electron chi connectivity index (χ3n) is 4.59. The zero-order valence-electron chi connectivity index (χ0n) is 15.0. The average molecular weight is 359 g/mol. The molecule has 5 heteroatoms. The molecule has 4 rings (SSSR count). The Morgan fingerprint density at radius 3 is 2.59 bits per heavy atom. The lowest BCUT2D eigenvalue weighted by molar-refractivity contribution is -0.133. The Morgan fingerprint density at radius 2 is 1.78 bits per heavy atom. The second kappa shape index (κ2) is 7.91. The Balaban J connectivity index is 1.47. The topological polar surface area (TPSA) is 51.3 Å². The van der Waals surface area contributed by atoms with E-state index in [9.17, 15) is 4.79 Å². The molecule has 0 spiro atoms. The highest BCUT2D eigenvalue weighted by Gasteiger charge is 2.16. The van der Waals surface area contributed by atoms with Gasteiger partial charge in [0.05, 0.1) is 30.2 Å². The smallest absolute Gasteiger partial charge is 0.225 e. The maximum Gasteiger partial charge on any atom is 0.225 e. The van der Waals surface area contributed by atoms with Crippen LogP contribution in [0.15, 0.2) is 83.7 Å². The van der Waals surface area contributed by atoms with E-state index in [-0.39, 0.29) is 5.91 Å². The SMILES string of the molecule is O=C(CCn1cnc2ccccc21)N(Cc1ccccc1)Cc1ccco1. The average Bonchev–Trinajstić information content (AvgIpc) is 3.36. The first-order chi connectivity index (χ1) is 13.3. The van der Waals surface area contributed by atoms with Crippen molar-refractivity contribution in [2.45, 2.75) is 26.1 Å². The number of nitrogens with zero attached hydrogens (tertiary/aromatic N) is 3. The molecule has 0 unspecified atom stereocenters. The molecule has 1 amide bonds. The van der Waals surface area contributed by atoms with E-state index in [1.807, 2.05) is 76.2 Å². The van der Waals surface area contributed by atoms with Gasteiger partial charge in [-0.25, -0.2) is 4.98 Å². The molecule has 0 saturated heterocycles. The monoisotopic (exact) mass is 359 g/mol. The lowest BCUT2D eigenvalue weighted by atomic mass is 10.2. The highest BCUT2D eigenvalue weighted by Crippen LogP contribution is 2.15. The van der Waals surface area contributed by atoms with Crippen molar-refractivity contribution in [1.82, 2.24) is 14.5 Å². The molecule has 0 aliphatic heterocycles. The minimum atomic E-state index is 0.0908. The van der Waals surface area contributed by atoms with Gasteiger partial charge in [-0.1, -0.05) is 42.5 Å². The number of aromatic nitrogens is 2. The molecule has 0 radical (unpaired) electrons. The zero-order valence-corrected chi connectivity index (χ0v) is 15.0. The highest BCUT2D eigenvalue weighted by molar-refractivity contribution is 5.77. The quantitative estimate of drug-likeness (QED) is 0.496. The first-order valence-corrected chi connectivity index (χ1v) is 9.03. The number of fused-ring (bicyclic) bond motifs is 1. The van der Waals surface area contributed by atoms with Gasteiger partial charge in [-0.15, -0.1) is 0 Å². The number of aryl methyl sites for hydroxylation is 1. The fourth-order valence-electron chi connectivity index (χ4n) is 3.19. The van der Waals surface area contributed by atoms with E-state index in [0.717, 1.165) is 22.4 Å². The van der Waals surface area contributed by atoms with Crippen molar-refractivity contribution in [3.63, 3.8) is 0 Å². The zero-order chi connectivity index (χ0) is 18.5. The number of rotatable bonds is 7. The van der Waals surface area contributed by atoms with Crippen LogP contribution in [-0.2, 0) is 24.4 Å². The number of furan rings is 1. The molecule has 4 aromatic rings. The highest BCUT2D eigenvalue weighted by atomic mass is 16.3. The maximum absolute atomic E-state index is 13.0. The molecule has 0 aliphatic rings. The predicted octanol–water partition coefficient (Wildman–Crippen LogP) is 4.25. The predicted molar refractivity (Wildman–Crippen MR) is 104 cm³/mol. The molecule has 0 atom stereocenters. The fourth-order valence-corrected chi connectivity index (χ4v) is 3.19. The minimum absolute atomic E-state index is 0.0908. The van der Waals surface area contributed by atoms with Gasteiger partial charge in [0.25, 0.3) is 0 Å². The fraction of sp³-hybridized carbons (Fsp3) is 0.182. The Bertz CT molecular complexity index is 1010. The molecule has 5 nitrogen and oxygen atoms in total. The van der Waals surface area contributed by atoms with Crippen molar-refractivity contribution >= 4 is 16.9 Å². The number of hydrogen-bond donors (Lipinski definition) is 0. The number of amides is 1. The van der Waals surface area contributed by atoms with Gasteiger partial charge < -0.3 is 13.9 Å². The standard InChI is InChI=1S/C22H21N3O2/c26-22(12-13-24-17-23-20-10-4-5-11-21(20)24)25(16-19-9-6-14-27-19)15-18-7-2-1-3-8-18/h1-11,14,17H,12-13,15-16H2. The molecular weight excluding hydrogens is 338 g/mol. The third-order valence-corrected chi connectivity index (χ3v) is 4.59. The van der Waals surface area contributed by atoms with E-state index < -0.39 is 0 Å². The van der Waals surface area contributed by atoms with E-state index in [1.54, 1.807) is 12.6 Å². The van der Waals surface area contributed by atoms with Gasteiger partial charge in [-0.3, -0.25) is 4.79 Å². The van der Waals surface area contributed by atoms with Crippen LogP contribution in [0.5, 0.6) is 0 Å². The molecule has 0 saturated carbocycles. The van der Waals surface area contributed by atoms with Crippen LogP contribution < -0.4 is 0 Å². The van der Waals surface area contributed by atoms with Crippen LogP contribution in [0.25, 0.3) is 11.0 Å². The summed E-state index contributed by atoms with van der Waals surface area (Å²) in [5.41, 5.74) is 3.10. The van der Waals surface area contributed by atoms with Crippen molar-refractivity contribution in [2.75, 3.05) is 0 Å². The minimum Gasteiger partial charge on any atom is -0.467 e. The van der Waals surface area contributed by atoms with Crippen LogP contribution in [0.2, 0.25) is 0 Å². The van der Waals surface area contributed by atoms with Gasteiger partial charge in [0, 0.05) is 19.5 Å². The van der Waals surface area contributed by atoms with Crippen LogP contribution in [0, 0.1) is 0 Å². The summed E-state index contributed by atoms with van der Waals surface area (Å²) >= 11 is 0. The molecule has 2 aromatic heterocycles. The van der Waals surface area contributed by atoms with E-state index in [4.69, 9.17) is 4.42 Å². The summed E-state index contributed by atoms with van der Waals surface area (Å²) in [6.07, 6.45) is 3.85. The van der Waals surface area contributed by atoms with Gasteiger partial charge in [0.2, 0.25) is 5.91 Å². The lowest BCUT2D eigenvalue weighted by Crippen LogP contribution is -2.30. The Morgan fingerprint density at radius 1 is 0.963 bits per heavy atom. The Hall–Kier alpha value is -3.34. The van der Waals surface area contributed by atoms with E-state index in [2.05, 4.69) is 4.98 Å². The summed E-state index contributed by atoms with van der Waals surface area (Å²) in [6.45, 7) is 1.62. The van der Waals surface area contributed by atoms with Crippen molar-refractivity contribution in [2.24, 2.45) is 0 Å². The third kappa shape index (κ3) is 4.08. The van der Waals surface area contributed by atoms with E-state index in [1.165, 1.54) is 0 Å². The summed E-state index contributed by atoms with van der Waals surface area (Å²) in [4.78, 5) is 19.2. The number of para-hydroxylation sites is 2. The van der Waals surface area contributed by atoms with Crippen molar-refractivity contribution < 1.29 is 9.21 Å². The second-order valence-corrected chi connectivity index (χ2v) is 6.49. The van der Waals surface area contributed by atoms with Gasteiger partial charge >= 0.3 is 0 Å². The number of carbonyl (C=O) groups excluding carboxylic acids is 1. The number of benzene rings is 2. The van der Waals surface area contributed by atoms with E-state index in [0.29, 0.717) is 26.1 Å². The molecule has 2 aromatic carbocycles. The largest absolute Gasteiger partial charge is 0.467 e. The molecule has 2 heterocycles. The molecule has 0 bridgehead atoms. The second-order valence-electron chi connectivity index (χ2n) is 6.49. The molecule has 27 heavy (non-hydrogen) atoms. The Labute approximate surface area is 157 Å². The van der Waals surface area contributed by atoms with Crippen molar-refractivity contribution in [1.29, 1.82) is 0 Å². The van der Waals surface area contributed by atoms with Crippen LogP contribution in [-0.4, -0.2) is 20.4 Å². The maximum atomic E-state index is 13.0. The summed E-state index contributed by atoms with van der Waals surface area (Å²) in [5, 5.41) is 0. The number of hydrogen-bond acceptors (Lipinski definition) is 3. The molecule has 0 N–H and O–H groups in total. The van der Waals surface area contributed by atoms with Crippen LogP contribution in [0.1, 0.15) is 17.7 Å². The summed E-state index contributed by atoms with van der Waals surface area (Å²) in [6, 6.07) is 21.7. The molecule has 136 valence electrons. The van der Waals surface area contributed by atoms with E-state index >= 15 is 0 Å². The van der Waals surface area contributed by atoms with Gasteiger partial charge in [-0.05, 0) is 29.8 Å². The van der Waals surface area contributed by atoms with Crippen LogP contribution in [0.3, 0.4) is 0 Å². The van der Waals surface area contributed by atoms with Crippen molar-refractivity contribution in [3.05, 3.63) is 90.6 Å². The first kappa shape index (κ1) is 17.1. The first-order valence-electron chi connectivity index (χ1n) is 9.03. The Kier molecular flexibility index (Phi) is 5.01. The molecular formula is C22H21N3O2. The number of imidazole rings is 1. The van der Waals surface area contributed by atoms with Crippen molar-refractivity contribution in [3.8, 4) is 0 Å². The molecule has 0 fully saturated rings. The normalized spacial score (nSPS) is 11.0. The number of carbonyl (C=O) groups is 1. The summed E-state index contributed by atoms with van der Waals surface area (Å²) in [5.74, 6) is 0.875. The van der Waals surface area contributed by atoms with Gasteiger partial charge in [-0.2, -0.15) is 0 Å².